The van der Waals surface area contributed by atoms with Crippen molar-refractivity contribution in [1.29, 1.82) is 0 Å². The number of unbranched alkanes of at least 4 members (excludes halogenated alkanes) is 1. The number of carbonyl (C=O) groups is 1. The summed E-state index contributed by atoms with van der Waals surface area (Å²) in [6.45, 7) is 0.956. The van der Waals surface area contributed by atoms with Crippen molar-refractivity contribution in [2.45, 2.75) is 25.7 Å². The lowest BCUT2D eigenvalue weighted by Crippen LogP contribution is -2.07. The van der Waals surface area contributed by atoms with E-state index in [1.807, 2.05) is 0 Å². The predicted octanol–water partition coefficient (Wildman–Crippen LogP) is 1.84. The molecule has 0 aliphatic carbocycles. The van der Waals surface area contributed by atoms with E-state index in [1.54, 1.807) is 26.4 Å². The Hall–Kier alpha value is -1.95. The average Bonchev–Trinajstić information content (AvgIpc) is 2.47. The second-order valence-electron chi connectivity index (χ2n) is 4.54. The summed E-state index contributed by atoms with van der Waals surface area (Å²) >= 11 is 0. The van der Waals surface area contributed by atoms with Crippen LogP contribution in [0.15, 0.2) is 12.1 Å². The van der Waals surface area contributed by atoms with Crippen LogP contribution in [0.1, 0.15) is 24.8 Å². The molecule has 0 heterocycles. The van der Waals surface area contributed by atoms with Crippen LogP contribution in [0.4, 0.5) is 0 Å². The van der Waals surface area contributed by atoms with Gasteiger partial charge in [0.25, 0.3) is 0 Å². The number of hydrogen-bond acceptors (Lipinski definition) is 5. The Morgan fingerprint density at radius 1 is 1.19 bits per heavy atom. The molecule has 1 rings (SSSR count). The van der Waals surface area contributed by atoms with Gasteiger partial charge in [0, 0.05) is 24.1 Å². The second kappa shape index (κ2) is 9.07. The summed E-state index contributed by atoms with van der Waals surface area (Å²) in [4.78, 5) is 10.4. The van der Waals surface area contributed by atoms with E-state index < -0.39 is 5.97 Å². The van der Waals surface area contributed by atoms with Gasteiger partial charge in [0.05, 0.1) is 20.8 Å². The van der Waals surface area contributed by atoms with Gasteiger partial charge in [-0.15, -0.1) is 0 Å². The standard InChI is InChI=1S/C15H23NO5/c1-19-13-9-11(21-8-4-3-5-15(17)18)10-14(20-2)12(13)6-7-16/h9-10H,3-8,16H2,1-2H3,(H,17,18). The van der Waals surface area contributed by atoms with E-state index in [9.17, 15) is 4.79 Å². The van der Waals surface area contributed by atoms with Gasteiger partial charge in [0.15, 0.2) is 0 Å². The number of hydrogen-bond donors (Lipinski definition) is 2. The van der Waals surface area contributed by atoms with Crippen LogP contribution in [0.25, 0.3) is 0 Å². The molecule has 118 valence electrons. The SMILES string of the molecule is COc1cc(OCCCCC(=O)O)cc(OC)c1CCN. The van der Waals surface area contributed by atoms with Gasteiger partial charge in [-0.25, -0.2) is 0 Å². The summed E-state index contributed by atoms with van der Waals surface area (Å²) in [7, 11) is 3.18. The number of rotatable bonds is 10. The van der Waals surface area contributed by atoms with Gasteiger partial charge >= 0.3 is 5.97 Å². The molecule has 1 aromatic rings. The molecule has 0 aromatic heterocycles. The molecule has 3 N–H and O–H groups in total. The van der Waals surface area contributed by atoms with Crippen molar-refractivity contribution < 1.29 is 24.1 Å². The van der Waals surface area contributed by atoms with E-state index >= 15 is 0 Å². The van der Waals surface area contributed by atoms with Gasteiger partial charge in [-0.05, 0) is 25.8 Å². The minimum Gasteiger partial charge on any atom is -0.496 e. The number of carboxylic acid groups (broad SMARTS) is 1. The van der Waals surface area contributed by atoms with E-state index in [1.165, 1.54) is 0 Å². The van der Waals surface area contributed by atoms with Crippen molar-refractivity contribution in [3.63, 3.8) is 0 Å². The number of methoxy groups -OCH3 is 2. The third kappa shape index (κ3) is 5.51. The molecule has 0 amide bonds. The molecule has 0 saturated carbocycles. The molecule has 0 spiro atoms. The lowest BCUT2D eigenvalue weighted by Gasteiger charge is -2.15. The summed E-state index contributed by atoms with van der Waals surface area (Å²) in [6, 6.07) is 3.59. The van der Waals surface area contributed by atoms with Crippen molar-refractivity contribution in [3.8, 4) is 17.2 Å². The Labute approximate surface area is 124 Å². The van der Waals surface area contributed by atoms with Crippen LogP contribution in [0.2, 0.25) is 0 Å². The van der Waals surface area contributed by atoms with Crippen LogP contribution < -0.4 is 19.9 Å². The highest BCUT2D eigenvalue weighted by atomic mass is 16.5. The summed E-state index contributed by atoms with van der Waals surface area (Å²) in [5.41, 5.74) is 6.51. The monoisotopic (exact) mass is 297 g/mol. The zero-order valence-electron chi connectivity index (χ0n) is 12.6. The molecule has 0 aliphatic heterocycles. The van der Waals surface area contributed by atoms with Crippen LogP contribution in [0, 0.1) is 0 Å². The van der Waals surface area contributed by atoms with Gasteiger partial charge in [-0.3, -0.25) is 4.79 Å². The van der Waals surface area contributed by atoms with Crippen LogP contribution in [0.5, 0.6) is 17.2 Å². The minimum absolute atomic E-state index is 0.158. The van der Waals surface area contributed by atoms with Crippen LogP contribution in [0.3, 0.4) is 0 Å². The fourth-order valence-corrected chi connectivity index (χ4v) is 2.00. The Kier molecular flexibility index (Phi) is 7.39. The Morgan fingerprint density at radius 2 is 1.81 bits per heavy atom. The highest BCUT2D eigenvalue weighted by Gasteiger charge is 2.12. The van der Waals surface area contributed by atoms with Crippen molar-refractivity contribution in [2.75, 3.05) is 27.4 Å². The first-order valence-electron chi connectivity index (χ1n) is 6.92. The van der Waals surface area contributed by atoms with Crippen LogP contribution >= 0.6 is 0 Å². The number of ether oxygens (including phenoxy) is 3. The fourth-order valence-electron chi connectivity index (χ4n) is 2.00. The summed E-state index contributed by atoms with van der Waals surface area (Å²) in [5, 5.41) is 8.56. The third-order valence-corrected chi connectivity index (χ3v) is 3.03. The molecule has 6 heteroatoms. The number of benzene rings is 1. The van der Waals surface area contributed by atoms with Gasteiger partial charge in [-0.1, -0.05) is 0 Å². The van der Waals surface area contributed by atoms with Gasteiger partial charge in [-0.2, -0.15) is 0 Å². The molecular formula is C15H23NO5. The molecule has 0 aliphatic rings. The van der Waals surface area contributed by atoms with Crippen molar-refractivity contribution >= 4 is 5.97 Å². The Morgan fingerprint density at radius 3 is 2.29 bits per heavy atom. The predicted molar refractivity (Wildman–Crippen MR) is 79.3 cm³/mol. The molecule has 1 aromatic carbocycles. The second-order valence-corrected chi connectivity index (χ2v) is 4.54. The molecule has 21 heavy (non-hydrogen) atoms. The third-order valence-electron chi connectivity index (χ3n) is 3.03. The molecule has 0 fully saturated rings. The maximum atomic E-state index is 10.4. The van der Waals surface area contributed by atoms with Crippen LogP contribution in [-0.2, 0) is 11.2 Å². The quantitative estimate of drug-likeness (QED) is 0.640. The highest BCUT2D eigenvalue weighted by Crippen LogP contribution is 2.34. The fraction of sp³-hybridized carbons (Fsp3) is 0.533. The smallest absolute Gasteiger partial charge is 0.303 e. The summed E-state index contributed by atoms with van der Waals surface area (Å²) < 4.78 is 16.3. The topological polar surface area (TPSA) is 91.0 Å². The van der Waals surface area contributed by atoms with Gasteiger partial charge in [0.1, 0.15) is 17.2 Å². The van der Waals surface area contributed by atoms with E-state index in [0.29, 0.717) is 49.7 Å². The van der Waals surface area contributed by atoms with E-state index in [0.717, 1.165) is 5.56 Å². The van der Waals surface area contributed by atoms with Crippen molar-refractivity contribution in [1.82, 2.24) is 0 Å². The zero-order chi connectivity index (χ0) is 15.7. The molecule has 0 unspecified atom stereocenters. The van der Waals surface area contributed by atoms with Crippen molar-refractivity contribution in [2.24, 2.45) is 5.73 Å². The number of carboxylic acids is 1. The van der Waals surface area contributed by atoms with Crippen LogP contribution in [-0.4, -0.2) is 38.4 Å². The molecule has 6 nitrogen and oxygen atoms in total. The number of aliphatic carboxylic acids is 1. The summed E-state index contributed by atoms with van der Waals surface area (Å²) in [5.74, 6) is 1.21. The normalized spacial score (nSPS) is 10.2. The first-order chi connectivity index (χ1) is 10.1. The minimum atomic E-state index is -0.788. The molecule has 0 radical (unpaired) electrons. The number of nitrogens with two attached hydrogens (primary N) is 1. The maximum Gasteiger partial charge on any atom is 0.303 e. The first-order valence-corrected chi connectivity index (χ1v) is 6.92. The van der Waals surface area contributed by atoms with E-state index in [-0.39, 0.29) is 6.42 Å². The maximum absolute atomic E-state index is 10.4. The van der Waals surface area contributed by atoms with Crippen molar-refractivity contribution in [3.05, 3.63) is 17.7 Å². The lowest BCUT2D eigenvalue weighted by atomic mass is 10.1. The molecular weight excluding hydrogens is 274 g/mol. The lowest BCUT2D eigenvalue weighted by molar-refractivity contribution is -0.137. The van der Waals surface area contributed by atoms with Gasteiger partial charge < -0.3 is 25.1 Å². The first kappa shape index (κ1) is 17.1. The Bertz CT molecular complexity index is 436. The van der Waals surface area contributed by atoms with Gasteiger partial charge in [0.2, 0.25) is 0 Å². The zero-order valence-corrected chi connectivity index (χ0v) is 12.6. The average molecular weight is 297 g/mol. The molecule has 0 atom stereocenters. The highest BCUT2D eigenvalue weighted by molar-refractivity contribution is 5.66. The molecule has 0 saturated heterocycles. The summed E-state index contributed by atoms with van der Waals surface area (Å²) in [6.07, 6.45) is 2.09. The largest absolute Gasteiger partial charge is 0.496 e. The molecule has 0 bridgehead atoms. The van der Waals surface area contributed by atoms with E-state index in [4.69, 9.17) is 25.1 Å². The Balaban J connectivity index is 2.68. The van der Waals surface area contributed by atoms with E-state index in [2.05, 4.69) is 0 Å².